The number of likely N-dealkylation sites (N-methyl/N-ethyl adjacent to an activating group) is 1. The van der Waals surface area contributed by atoms with E-state index in [0.29, 0.717) is 34.0 Å². The van der Waals surface area contributed by atoms with Crippen LogP contribution in [0.25, 0.3) is 21.8 Å². The molecule has 0 saturated heterocycles. The van der Waals surface area contributed by atoms with Gasteiger partial charge < -0.3 is 24.8 Å². The first-order valence-electron chi connectivity index (χ1n) is 16.8. The summed E-state index contributed by atoms with van der Waals surface area (Å²) in [6.45, 7) is 15.8. The van der Waals surface area contributed by atoms with Crippen molar-refractivity contribution in [1.29, 1.82) is 0 Å². The molecule has 0 unspecified atom stereocenters. The number of rotatable bonds is 9. The summed E-state index contributed by atoms with van der Waals surface area (Å²) in [5, 5.41) is 6.96. The molecule has 0 aliphatic heterocycles. The number of fused-ring (bicyclic) bond motifs is 2. The number of carbonyl (C=O) groups excluding carboxylic acids is 5. The van der Waals surface area contributed by atoms with Gasteiger partial charge >= 0.3 is 18.3 Å². The second kappa shape index (κ2) is 14.9. The number of amides is 3. The van der Waals surface area contributed by atoms with Crippen molar-refractivity contribution < 1.29 is 38.2 Å². The number of nitrogens with zero attached hydrogens (tertiary/aromatic N) is 3. The lowest BCUT2D eigenvalue weighted by Crippen LogP contribution is -2.55. The van der Waals surface area contributed by atoms with Crippen molar-refractivity contribution in [1.82, 2.24) is 24.7 Å². The molecular formula is C38H49N5O8. The number of carbonyl (C=O) groups is 5. The summed E-state index contributed by atoms with van der Waals surface area (Å²) < 4.78 is 19.6. The van der Waals surface area contributed by atoms with Gasteiger partial charge in [-0.2, -0.15) is 0 Å². The van der Waals surface area contributed by atoms with Gasteiger partial charge in [0.2, 0.25) is 12.3 Å². The molecule has 0 radical (unpaired) electrons. The van der Waals surface area contributed by atoms with Gasteiger partial charge in [0.1, 0.15) is 29.0 Å². The fourth-order valence-electron chi connectivity index (χ4n) is 5.55. The summed E-state index contributed by atoms with van der Waals surface area (Å²) in [5.41, 5.74) is 0.114. The van der Waals surface area contributed by atoms with Gasteiger partial charge in [-0.1, -0.05) is 36.4 Å². The van der Waals surface area contributed by atoms with Crippen LogP contribution in [0.1, 0.15) is 73.4 Å². The first-order valence-corrected chi connectivity index (χ1v) is 16.8. The van der Waals surface area contributed by atoms with Gasteiger partial charge in [-0.15, -0.1) is 0 Å². The zero-order valence-corrected chi connectivity index (χ0v) is 31.0. The highest BCUT2D eigenvalue weighted by atomic mass is 16.6. The van der Waals surface area contributed by atoms with E-state index in [-0.39, 0.29) is 12.8 Å². The number of aromatic nitrogens is 2. The van der Waals surface area contributed by atoms with Crippen LogP contribution in [-0.4, -0.2) is 80.7 Å². The van der Waals surface area contributed by atoms with Gasteiger partial charge in [0.25, 0.3) is 0 Å². The SMILES string of the molecule is CN(C(=O)OC(C)(C)C)[C@H](Cc1cn(C(=O)OC(C)(C)C)c2ccccc12)C(=O)N[C@H](Cc1cn(C(=O)OC(C)(C)C)c2ccccc12)NC=O. The average molecular weight is 704 g/mol. The standard InChI is InChI=1S/C38H49N5O8/c1-36(2,3)49-33(46)41(10)30(19-24-21-42(34(47)50-37(4,5)6)28-17-13-11-15-26(24)28)32(45)40-31(39-23-44)20-25-22-43(35(48)51-38(7,8)9)29-18-14-12-16-27(25)29/h11-18,21-23,30-31H,19-20H2,1-10H3,(H,39,44)(H,40,45)/t30-,31-/m1/s1. The van der Waals surface area contributed by atoms with E-state index in [1.54, 1.807) is 99.0 Å². The van der Waals surface area contributed by atoms with Gasteiger partial charge in [0.15, 0.2) is 0 Å². The Morgan fingerprint density at radius 3 is 1.57 bits per heavy atom. The molecule has 0 bridgehead atoms. The van der Waals surface area contributed by atoms with E-state index in [1.807, 2.05) is 24.3 Å². The van der Waals surface area contributed by atoms with E-state index < -0.39 is 53.2 Å². The van der Waals surface area contributed by atoms with Crippen LogP contribution in [0.3, 0.4) is 0 Å². The lowest BCUT2D eigenvalue weighted by Gasteiger charge is -2.31. The quantitative estimate of drug-likeness (QED) is 0.116. The van der Waals surface area contributed by atoms with E-state index in [4.69, 9.17) is 14.2 Å². The Balaban J connectivity index is 1.70. The summed E-state index contributed by atoms with van der Waals surface area (Å²) in [6, 6.07) is 13.3. The molecule has 13 heteroatoms. The van der Waals surface area contributed by atoms with Gasteiger partial charge in [-0.3, -0.25) is 23.6 Å². The zero-order chi connectivity index (χ0) is 37.9. The molecule has 2 heterocycles. The van der Waals surface area contributed by atoms with Gasteiger partial charge in [0.05, 0.1) is 11.0 Å². The summed E-state index contributed by atoms with van der Waals surface area (Å²) in [5.74, 6) is -0.590. The van der Waals surface area contributed by atoms with Crippen molar-refractivity contribution in [3.05, 3.63) is 72.1 Å². The normalized spacial score (nSPS) is 13.3. The minimum Gasteiger partial charge on any atom is -0.444 e. The van der Waals surface area contributed by atoms with E-state index >= 15 is 0 Å². The molecule has 2 aromatic heterocycles. The maximum Gasteiger partial charge on any atom is 0.419 e. The van der Waals surface area contributed by atoms with Crippen molar-refractivity contribution in [3.8, 4) is 0 Å². The molecule has 51 heavy (non-hydrogen) atoms. The molecule has 3 amide bonds. The molecular weight excluding hydrogens is 654 g/mol. The second-order valence-electron chi connectivity index (χ2n) is 15.4. The van der Waals surface area contributed by atoms with Crippen LogP contribution >= 0.6 is 0 Å². The van der Waals surface area contributed by atoms with Gasteiger partial charge in [-0.05, 0) is 85.6 Å². The molecule has 274 valence electrons. The van der Waals surface area contributed by atoms with Crippen LogP contribution in [0, 0.1) is 0 Å². The lowest BCUT2D eigenvalue weighted by atomic mass is 10.0. The fraction of sp³-hybridized carbons (Fsp3) is 0.447. The zero-order valence-electron chi connectivity index (χ0n) is 31.0. The van der Waals surface area contributed by atoms with Gasteiger partial charge in [0, 0.05) is 43.1 Å². The number of para-hydroxylation sites is 2. The number of nitrogens with one attached hydrogen (secondary N) is 2. The third-order valence-electron chi connectivity index (χ3n) is 7.64. The predicted molar refractivity (Wildman–Crippen MR) is 193 cm³/mol. The number of hydrogen-bond donors (Lipinski definition) is 2. The van der Waals surface area contributed by atoms with E-state index in [0.717, 1.165) is 5.39 Å². The minimum absolute atomic E-state index is 0.0103. The minimum atomic E-state index is -1.14. The molecule has 0 fully saturated rings. The molecule has 4 aromatic rings. The van der Waals surface area contributed by atoms with E-state index in [9.17, 15) is 24.0 Å². The van der Waals surface area contributed by atoms with E-state index in [2.05, 4.69) is 10.6 Å². The summed E-state index contributed by atoms with van der Waals surface area (Å²) >= 11 is 0. The van der Waals surface area contributed by atoms with Crippen LogP contribution in [0.4, 0.5) is 14.4 Å². The Labute approximate surface area is 298 Å². The topological polar surface area (TPSA) is 150 Å². The summed E-state index contributed by atoms with van der Waals surface area (Å²) in [6.07, 6.45) is 0.953. The fourth-order valence-corrected chi connectivity index (χ4v) is 5.55. The highest BCUT2D eigenvalue weighted by Gasteiger charge is 2.33. The van der Waals surface area contributed by atoms with Crippen molar-refractivity contribution in [3.63, 3.8) is 0 Å². The molecule has 2 atom stereocenters. The van der Waals surface area contributed by atoms with Crippen molar-refractivity contribution in [2.24, 2.45) is 0 Å². The molecule has 0 saturated carbocycles. The first-order chi connectivity index (χ1) is 23.7. The third-order valence-corrected chi connectivity index (χ3v) is 7.64. The monoisotopic (exact) mass is 703 g/mol. The molecule has 0 aliphatic rings. The van der Waals surface area contributed by atoms with Crippen LogP contribution in [0.5, 0.6) is 0 Å². The maximum atomic E-state index is 14.2. The highest BCUT2D eigenvalue weighted by Crippen LogP contribution is 2.27. The lowest BCUT2D eigenvalue weighted by molar-refractivity contribution is -0.127. The third kappa shape index (κ3) is 9.89. The molecule has 2 N–H and O–H groups in total. The molecule has 0 aliphatic carbocycles. The van der Waals surface area contributed by atoms with Crippen LogP contribution in [0.15, 0.2) is 60.9 Å². The van der Waals surface area contributed by atoms with Gasteiger partial charge in [-0.25, -0.2) is 14.4 Å². The van der Waals surface area contributed by atoms with Crippen LogP contribution in [0.2, 0.25) is 0 Å². The number of benzene rings is 2. The van der Waals surface area contributed by atoms with Crippen molar-refractivity contribution >= 4 is 52.4 Å². The summed E-state index contributed by atoms with van der Waals surface area (Å²) in [4.78, 5) is 66.9. The molecule has 13 nitrogen and oxygen atoms in total. The Hall–Kier alpha value is -5.33. The van der Waals surface area contributed by atoms with Crippen LogP contribution in [-0.2, 0) is 36.6 Å². The number of ether oxygens (including phenoxy) is 3. The smallest absolute Gasteiger partial charge is 0.419 e. The van der Waals surface area contributed by atoms with E-state index in [1.165, 1.54) is 21.1 Å². The van der Waals surface area contributed by atoms with Crippen LogP contribution < -0.4 is 10.6 Å². The molecule has 0 spiro atoms. The summed E-state index contributed by atoms with van der Waals surface area (Å²) in [7, 11) is 1.46. The Kier molecular flexibility index (Phi) is 11.2. The maximum absolute atomic E-state index is 14.2. The second-order valence-corrected chi connectivity index (χ2v) is 15.4. The highest BCUT2D eigenvalue weighted by molar-refractivity contribution is 5.94. The molecule has 2 aromatic carbocycles. The van der Waals surface area contributed by atoms with Crippen molar-refractivity contribution in [2.45, 2.75) is 104 Å². The Bertz CT molecular complexity index is 1920. The molecule has 4 rings (SSSR count). The predicted octanol–water partition coefficient (Wildman–Crippen LogP) is 6.37. The average Bonchev–Trinajstić information content (AvgIpc) is 3.56. The number of hydrogen-bond acceptors (Lipinski definition) is 8. The Morgan fingerprint density at radius 2 is 1.14 bits per heavy atom. The van der Waals surface area contributed by atoms with Crippen molar-refractivity contribution in [2.75, 3.05) is 7.05 Å². The Morgan fingerprint density at radius 1 is 0.706 bits per heavy atom. The first kappa shape index (κ1) is 38.5. The largest absolute Gasteiger partial charge is 0.444 e.